The number of hydrogen-bond acceptors (Lipinski definition) is 4. The molecule has 6 nitrogen and oxygen atoms in total. The van der Waals surface area contributed by atoms with E-state index in [0.29, 0.717) is 16.5 Å². The molecule has 0 aliphatic carbocycles. The van der Waals surface area contributed by atoms with Crippen LogP contribution in [-0.2, 0) is 14.8 Å². The molecule has 1 rings (SSSR count). The maximum atomic E-state index is 12.0. The van der Waals surface area contributed by atoms with E-state index >= 15 is 0 Å². The highest BCUT2D eigenvalue weighted by Crippen LogP contribution is 2.27. The molecule has 0 aromatic heterocycles. The van der Waals surface area contributed by atoms with Crippen LogP contribution in [0, 0.1) is 0 Å². The zero-order valence-electron chi connectivity index (χ0n) is 13.1. The van der Waals surface area contributed by atoms with Gasteiger partial charge in [0.1, 0.15) is 5.75 Å². The Bertz CT molecular complexity index is 632. The van der Waals surface area contributed by atoms with Gasteiger partial charge in [0.25, 0.3) is 0 Å². The quantitative estimate of drug-likeness (QED) is 0.820. The molecule has 0 spiro atoms. The second kappa shape index (κ2) is 7.80. The number of carbonyl (C=O) groups is 1. The van der Waals surface area contributed by atoms with E-state index in [-0.39, 0.29) is 24.9 Å². The summed E-state index contributed by atoms with van der Waals surface area (Å²) < 4.78 is 29.7. The topological polar surface area (TPSA) is 75.7 Å². The Kier molecular flexibility index (Phi) is 6.65. The van der Waals surface area contributed by atoms with Crippen LogP contribution in [0.4, 0.5) is 5.69 Å². The first-order valence-electron chi connectivity index (χ1n) is 6.75. The van der Waals surface area contributed by atoms with Crippen LogP contribution in [0.2, 0.25) is 5.02 Å². The highest BCUT2D eigenvalue weighted by Gasteiger charge is 2.21. The van der Waals surface area contributed by atoms with Crippen LogP contribution in [0.1, 0.15) is 20.3 Å². The van der Waals surface area contributed by atoms with Gasteiger partial charge in [0.05, 0.1) is 19.1 Å². The van der Waals surface area contributed by atoms with Gasteiger partial charge < -0.3 is 10.1 Å². The van der Waals surface area contributed by atoms with Crippen molar-refractivity contribution < 1.29 is 17.9 Å². The largest absolute Gasteiger partial charge is 0.495 e. The average molecular weight is 349 g/mol. The van der Waals surface area contributed by atoms with Gasteiger partial charge in [0.15, 0.2) is 0 Å². The molecule has 8 heteroatoms. The number of nitrogens with one attached hydrogen (secondary N) is 1. The third kappa shape index (κ3) is 5.47. The lowest BCUT2D eigenvalue weighted by atomic mass is 10.2. The molecule has 0 fully saturated rings. The molecule has 0 saturated heterocycles. The third-order valence-electron chi connectivity index (χ3n) is 3.00. The summed E-state index contributed by atoms with van der Waals surface area (Å²) in [6.45, 7) is 3.64. The minimum absolute atomic E-state index is 0.0426. The molecule has 1 N–H and O–H groups in total. The number of hydrogen-bond donors (Lipinski definition) is 1. The summed E-state index contributed by atoms with van der Waals surface area (Å²) >= 11 is 5.89. The second-order valence-corrected chi connectivity index (χ2v) is 7.48. The Balaban J connectivity index is 2.73. The van der Waals surface area contributed by atoms with Gasteiger partial charge in [0.2, 0.25) is 15.9 Å². The van der Waals surface area contributed by atoms with Crippen molar-refractivity contribution in [3.63, 3.8) is 0 Å². The second-order valence-electron chi connectivity index (χ2n) is 5.11. The Hall–Kier alpha value is -1.31. The van der Waals surface area contributed by atoms with E-state index in [4.69, 9.17) is 16.3 Å². The fraction of sp³-hybridized carbons (Fsp3) is 0.500. The summed E-state index contributed by atoms with van der Waals surface area (Å²) in [5, 5.41) is 3.15. The van der Waals surface area contributed by atoms with E-state index < -0.39 is 10.0 Å². The summed E-state index contributed by atoms with van der Waals surface area (Å²) in [7, 11) is -1.86. The van der Waals surface area contributed by atoms with E-state index in [1.807, 2.05) is 0 Å². The van der Waals surface area contributed by atoms with E-state index in [1.54, 1.807) is 32.0 Å². The van der Waals surface area contributed by atoms with Crippen LogP contribution in [-0.4, -0.2) is 44.6 Å². The molecule has 22 heavy (non-hydrogen) atoms. The molecule has 0 radical (unpaired) electrons. The molecule has 0 saturated carbocycles. The minimum Gasteiger partial charge on any atom is -0.495 e. The Labute approximate surface area is 136 Å². The fourth-order valence-electron chi connectivity index (χ4n) is 2.01. The molecule has 0 atom stereocenters. The lowest BCUT2D eigenvalue weighted by Gasteiger charge is -2.23. The number of sulfonamides is 1. The Morgan fingerprint density at radius 1 is 1.41 bits per heavy atom. The van der Waals surface area contributed by atoms with Crippen LogP contribution < -0.4 is 10.1 Å². The first kappa shape index (κ1) is 18.7. The van der Waals surface area contributed by atoms with E-state index in [9.17, 15) is 13.2 Å². The van der Waals surface area contributed by atoms with Crippen molar-refractivity contribution >= 4 is 33.2 Å². The summed E-state index contributed by atoms with van der Waals surface area (Å²) in [5.41, 5.74) is 0.454. The summed E-state index contributed by atoms with van der Waals surface area (Å²) in [6.07, 6.45) is 1.17. The molecular formula is C14H21ClN2O4S. The molecular weight excluding hydrogens is 328 g/mol. The normalized spacial score (nSPS) is 11.8. The van der Waals surface area contributed by atoms with Crippen molar-refractivity contribution in [2.24, 2.45) is 0 Å². The predicted octanol–water partition coefficient (Wildman–Crippen LogP) is 2.35. The zero-order chi connectivity index (χ0) is 16.9. The smallest absolute Gasteiger partial charge is 0.225 e. The summed E-state index contributed by atoms with van der Waals surface area (Å²) in [5.74, 6) is 0.177. The number of carbonyl (C=O) groups excluding carboxylic acids is 1. The minimum atomic E-state index is -3.34. The Morgan fingerprint density at radius 3 is 2.55 bits per heavy atom. The van der Waals surface area contributed by atoms with Crippen molar-refractivity contribution in [2.45, 2.75) is 26.3 Å². The lowest BCUT2D eigenvalue weighted by Crippen LogP contribution is -2.38. The molecule has 1 aromatic carbocycles. The van der Waals surface area contributed by atoms with Crippen LogP contribution in [0.5, 0.6) is 5.75 Å². The number of amides is 1. The van der Waals surface area contributed by atoms with Gasteiger partial charge in [-0.2, -0.15) is 4.31 Å². The maximum Gasteiger partial charge on any atom is 0.225 e. The zero-order valence-corrected chi connectivity index (χ0v) is 14.7. The summed E-state index contributed by atoms with van der Waals surface area (Å²) in [6, 6.07) is 4.67. The number of ether oxygens (including phenoxy) is 1. The number of nitrogens with zero attached hydrogens (tertiary/aromatic N) is 1. The molecule has 0 heterocycles. The van der Waals surface area contributed by atoms with Crippen LogP contribution in [0.3, 0.4) is 0 Å². The van der Waals surface area contributed by atoms with Crippen molar-refractivity contribution in [1.29, 1.82) is 0 Å². The highest BCUT2D eigenvalue weighted by molar-refractivity contribution is 7.88. The van der Waals surface area contributed by atoms with Crippen molar-refractivity contribution in [2.75, 3.05) is 25.2 Å². The lowest BCUT2D eigenvalue weighted by molar-refractivity contribution is -0.116. The van der Waals surface area contributed by atoms with Gasteiger partial charge in [-0.05, 0) is 32.0 Å². The number of benzene rings is 1. The van der Waals surface area contributed by atoms with Crippen LogP contribution in [0.15, 0.2) is 18.2 Å². The molecule has 0 unspecified atom stereocenters. The summed E-state index contributed by atoms with van der Waals surface area (Å²) in [4.78, 5) is 12.0. The number of methoxy groups -OCH3 is 1. The molecule has 0 aliphatic rings. The molecule has 1 aromatic rings. The first-order valence-corrected chi connectivity index (χ1v) is 8.98. The average Bonchev–Trinajstić information content (AvgIpc) is 2.37. The van der Waals surface area contributed by atoms with E-state index in [2.05, 4.69) is 5.32 Å². The highest BCUT2D eigenvalue weighted by atomic mass is 35.5. The van der Waals surface area contributed by atoms with Crippen molar-refractivity contribution in [1.82, 2.24) is 4.31 Å². The molecule has 0 bridgehead atoms. The number of rotatable bonds is 7. The van der Waals surface area contributed by atoms with Gasteiger partial charge in [-0.25, -0.2) is 8.42 Å². The van der Waals surface area contributed by atoms with Gasteiger partial charge in [-0.1, -0.05) is 11.6 Å². The van der Waals surface area contributed by atoms with Crippen LogP contribution in [0.25, 0.3) is 0 Å². The van der Waals surface area contributed by atoms with Crippen LogP contribution >= 0.6 is 11.6 Å². The fourth-order valence-corrected chi connectivity index (χ4v) is 3.37. The third-order valence-corrected chi connectivity index (χ3v) is 4.69. The SMILES string of the molecule is COc1ccc(Cl)cc1NC(=O)CCN(C(C)C)S(C)(=O)=O. The van der Waals surface area contributed by atoms with Gasteiger partial charge in [0, 0.05) is 24.0 Å². The van der Waals surface area contributed by atoms with Gasteiger partial charge in [-0.15, -0.1) is 0 Å². The maximum absolute atomic E-state index is 12.0. The Morgan fingerprint density at radius 2 is 2.05 bits per heavy atom. The predicted molar refractivity (Wildman–Crippen MR) is 87.9 cm³/mol. The molecule has 0 aliphatic heterocycles. The van der Waals surface area contributed by atoms with Crippen molar-refractivity contribution in [3.8, 4) is 5.75 Å². The standard InChI is InChI=1S/C14H21ClN2O4S/c1-10(2)17(22(4,19)20)8-7-14(18)16-12-9-11(15)5-6-13(12)21-3/h5-6,9-10H,7-8H2,1-4H3,(H,16,18). The monoisotopic (exact) mass is 348 g/mol. The van der Waals surface area contributed by atoms with Gasteiger partial charge >= 0.3 is 0 Å². The number of anilines is 1. The number of halogens is 1. The first-order chi connectivity index (χ1) is 10.1. The van der Waals surface area contributed by atoms with E-state index in [0.717, 1.165) is 6.26 Å². The molecule has 124 valence electrons. The van der Waals surface area contributed by atoms with Gasteiger partial charge in [-0.3, -0.25) is 4.79 Å². The molecule has 1 amide bonds. The van der Waals surface area contributed by atoms with Crippen molar-refractivity contribution in [3.05, 3.63) is 23.2 Å². The van der Waals surface area contributed by atoms with E-state index in [1.165, 1.54) is 11.4 Å².